The van der Waals surface area contributed by atoms with Gasteiger partial charge >= 0.3 is 0 Å². The quantitative estimate of drug-likeness (QED) is 0.798. The first kappa shape index (κ1) is 19.4. The van der Waals surface area contributed by atoms with Crippen molar-refractivity contribution in [3.8, 4) is 5.75 Å². The van der Waals surface area contributed by atoms with E-state index in [4.69, 9.17) is 4.74 Å². The Balaban J connectivity index is 1.95. The number of halogens is 1. The lowest BCUT2D eigenvalue weighted by Gasteiger charge is -2.22. The second kappa shape index (κ2) is 8.99. The minimum Gasteiger partial charge on any atom is -0.484 e. The molecule has 0 aliphatic carbocycles. The zero-order valence-electron chi connectivity index (χ0n) is 15.1. The molecule has 2 rings (SSSR count). The lowest BCUT2D eigenvalue weighted by molar-refractivity contribution is -0.128. The molecule has 0 bridgehead atoms. The lowest BCUT2D eigenvalue weighted by atomic mass is 10.0. The molecule has 26 heavy (non-hydrogen) atoms. The van der Waals surface area contributed by atoms with Gasteiger partial charge in [-0.2, -0.15) is 0 Å². The standard InChI is InChI=1S/C20H23FN2O3/c1-13(2)19(20(25)22-15-10-9-14(3)17(21)11-15)23-18(24)12-26-16-7-5-4-6-8-16/h4-11,13,19H,12H2,1-3H3,(H,22,25)(H,23,24)/t19-/m0/s1. The van der Waals surface area contributed by atoms with Crippen molar-refractivity contribution in [2.75, 3.05) is 11.9 Å². The Hall–Kier alpha value is -2.89. The van der Waals surface area contributed by atoms with Crippen LogP contribution < -0.4 is 15.4 Å². The number of anilines is 1. The Bertz CT molecular complexity index is 763. The van der Waals surface area contributed by atoms with Crippen LogP contribution in [0.5, 0.6) is 5.75 Å². The summed E-state index contributed by atoms with van der Waals surface area (Å²) in [4.78, 5) is 24.6. The van der Waals surface area contributed by atoms with E-state index in [-0.39, 0.29) is 12.5 Å². The number of carbonyl (C=O) groups excluding carboxylic acids is 2. The first-order chi connectivity index (χ1) is 12.4. The van der Waals surface area contributed by atoms with Gasteiger partial charge in [-0.05, 0) is 42.7 Å². The van der Waals surface area contributed by atoms with Crippen molar-refractivity contribution in [1.29, 1.82) is 0 Å². The number of nitrogens with one attached hydrogen (secondary N) is 2. The molecule has 6 heteroatoms. The van der Waals surface area contributed by atoms with Crippen LogP contribution in [0.15, 0.2) is 48.5 Å². The van der Waals surface area contributed by atoms with Crippen molar-refractivity contribution in [3.63, 3.8) is 0 Å². The Labute approximate surface area is 152 Å². The van der Waals surface area contributed by atoms with Crippen molar-refractivity contribution >= 4 is 17.5 Å². The Kier molecular flexibility index (Phi) is 6.72. The summed E-state index contributed by atoms with van der Waals surface area (Å²) in [5.41, 5.74) is 0.841. The van der Waals surface area contributed by atoms with E-state index in [0.717, 1.165) is 0 Å². The van der Waals surface area contributed by atoms with E-state index in [9.17, 15) is 14.0 Å². The normalized spacial score (nSPS) is 11.7. The van der Waals surface area contributed by atoms with Gasteiger partial charge in [-0.3, -0.25) is 9.59 Å². The summed E-state index contributed by atoms with van der Waals surface area (Å²) in [5.74, 6) is -0.785. The first-order valence-corrected chi connectivity index (χ1v) is 8.41. The van der Waals surface area contributed by atoms with Gasteiger partial charge in [-0.1, -0.05) is 38.1 Å². The summed E-state index contributed by atoms with van der Waals surface area (Å²) in [7, 11) is 0. The fraction of sp³-hybridized carbons (Fsp3) is 0.300. The molecule has 0 aromatic heterocycles. The monoisotopic (exact) mass is 358 g/mol. The predicted molar refractivity (Wildman–Crippen MR) is 98.5 cm³/mol. The Morgan fingerprint density at radius 3 is 2.42 bits per heavy atom. The number of aryl methyl sites for hydroxylation is 1. The minimum atomic E-state index is -0.758. The molecule has 0 aliphatic heterocycles. The average Bonchev–Trinajstić information content (AvgIpc) is 2.61. The highest BCUT2D eigenvalue weighted by atomic mass is 19.1. The molecule has 2 aromatic rings. The number of hydrogen-bond acceptors (Lipinski definition) is 3. The molecule has 0 fully saturated rings. The van der Waals surface area contributed by atoms with E-state index in [0.29, 0.717) is 17.0 Å². The fourth-order valence-electron chi connectivity index (χ4n) is 2.31. The van der Waals surface area contributed by atoms with Crippen molar-refractivity contribution in [2.24, 2.45) is 5.92 Å². The maximum absolute atomic E-state index is 13.6. The van der Waals surface area contributed by atoms with Crippen molar-refractivity contribution in [3.05, 3.63) is 59.9 Å². The number of rotatable bonds is 7. The predicted octanol–water partition coefficient (Wildman–Crippen LogP) is 3.29. The Morgan fingerprint density at radius 2 is 1.81 bits per heavy atom. The van der Waals surface area contributed by atoms with E-state index in [1.165, 1.54) is 6.07 Å². The summed E-state index contributed by atoms with van der Waals surface area (Å²) in [6, 6.07) is 12.6. The molecule has 0 unspecified atom stereocenters. The van der Waals surface area contributed by atoms with Crippen LogP contribution >= 0.6 is 0 Å². The van der Waals surface area contributed by atoms with Crippen molar-refractivity contribution in [2.45, 2.75) is 26.8 Å². The molecule has 5 nitrogen and oxygen atoms in total. The highest BCUT2D eigenvalue weighted by Crippen LogP contribution is 2.15. The molecule has 2 N–H and O–H groups in total. The van der Waals surface area contributed by atoms with Crippen LogP contribution in [-0.4, -0.2) is 24.5 Å². The highest BCUT2D eigenvalue weighted by molar-refractivity contribution is 5.97. The smallest absolute Gasteiger partial charge is 0.258 e. The number of amides is 2. The van der Waals surface area contributed by atoms with Gasteiger partial charge in [0.25, 0.3) is 5.91 Å². The molecule has 0 aliphatic rings. The molecule has 2 aromatic carbocycles. The molecule has 0 saturated carbocycles. The van der Waals surface area contributed by atoms with Gasteiger partial charge in [0.15, 0.2) is 6.61 Å². The number of benzene rings is 2. The van der Waals surface area contributed by atoms with Gasteiger partial charge in [0.05, 0.1) is 0 Å². The molecule has 1 atom stereocenters. The SMILES string of the molecule is Cc1ccc(NC(=O)[C@@H](NC(=O)COc2ccccc2)C(C)C)cc1F. The summed E-state index contributed by atoms with van der Waals surface area (Å²) >= 11 is 0. The van der Waals surface area contributed by atoms with E-state index in [1.807, 2.05) is 19.9 Å². The molecule has 2 amide bonds. The van der Waals surface area contributed by atoms with Crippen molar-refractivity contribution in [1.82, 2.24) is 5.32 Å². The van der Waals surface area contributed by atoms with Crippen LogP contribution in [0.1, 0.15) is 19.4 Å². The van der Waals surface area contributed by atoms with Crippen LogP contribution in [-0.2, 0) is 9.59 Å². The van der Waals surface area contributed by atoms with Gasteiger partial charge in [0.1, 0.15) is 17.6 Å². The topological polar surface area (TPSA) is 67.4 Å². The molecule has 0 saturated heterocycles. The Morgan fingerprint density at radius 1 is 1.12 bits per heavy atom. The summed E-state index contributed by atoms with van der Waals surface area (Å²) in [6.07, 6.45) is 0. The van der Waals surface area contributed by atoms with Gasteiger partial charge in [0, 0.05) is 5.69 Å². The molecule has 0 radical (unpaired) electrons. The number of carbonyl (C=O) groups is 2. The van der Waals surface area contributed by atoms with E-state index in [2.05, 4.69) is 10.6 Å². The zero-order chi connectivity index (χ0) is 19.1. The highest BCUT2D eigenvalue weighted by Gasteiger charge is 2.24. The number of ether oxygens (including phenoxy) is 1. The van der Waals surface area contributed by atoms with Crippen molar-refractivity contribution < 1.29 is 18.7 Å². The summed E-state index contributed by atoms with van der Waals surface area (Å²) in [5, 5.41) is 5.30. The maximum Gasteiger partial charge on any atom is 0.258 e. The minimum absolute atomic E-state index is 0.147. The second-order valence-electron chi connectivity index (χ2n) is 6.34. The van der Waals surface area contributed by atoms with Gasteiger partial charge in [0.2, 0.25) is 5.91 Å². The summed E-state index contributed by atoms with van der Waals surface area (Å²) < 4.78 is 19.0. The van der Waals surface area contributed by atoms with Crippen LogP contribution in [0.2, 0.25) is 0 Å². The van der Waals surface area contributed by atoms with Crippen LogP contribution in [0.3, 0.4) is 0 Å². The average molecular weight is 358 g/mol. The van der Waals surface area contributed by atoms with Crippen LogP contribution in [0, 0.1) is 18.7 Å². The van der Waals surface area contributed by atoms with E-state index >= 15 is 0 Å². The third-order valence-corrected chi connectivity index (χ3v) is 3.82. The van der Waals surface area contributed by atoms with Gasteiger partial charge in [-0.15, -0.1) is 0 Å². The number of hydrogen-bond donors (Lipinski definition) is 2. The number of para-hydroxylation sites is 1. The molecular formula is C20H23FN2O3. The van der Waals surface area contributed by atoms with Crippen LogP contribution in [0.4, 0.5) is 10.1 Å². The van der Waals surface area contributed by atoms with Crippen LogP contribution in [0.25, 0.3) is 0 Å². The molecular weight excluding hydrogens is 335 g/mol. The lowest BCUT2D eigenvalue weighted by Crippen LogP contribution is -2.48. The first-order valence-electron chi connectivity index (χ1n) is 8.41. The largest absolute Gasteiger partial charge is 0.484 e. The summed E-state index contributed by atoms with van der Waals surface area (Å²) in [6.45, 7) is 5.08. The third kappa shape index (κ3) is 5.58. The second-order valence-corrected chi connectivity index (χ2v) is 6.34. The molecule has 0 heterocycles. The van der Waals surface area contributed by atoms with E-state index in [1.54, 1.807) is 43.3 Å². The van der Waals surface area contributed by atoms with E-state index < -0.39 is 23.7 Å². The molecule has 138 valence electrons. The molecule has 0 spiro atoms. The van der Waals surface area contributed by atoms with Gasteiger partial charge in [-0.25, -0.2) is 4.39 Å². The maximum atomic E-state index is 13.6. The van der Waals surface area contributed by atoms with Gasteiger partial charge < -0.3 is 15.4 Å². The third-order valence-electron chi connectivity index (χ3n) is 3.82. The zero-order valence-corrected chi connectivity index (χ0v) is 15.1. The fourth-order valence-corrected chi connectivity index (χ4v) is 2.31.